The van der Waals surface area contributed by atoms with Crippen LogP contribution >= 0.6 is 0 Å². The predicted molar refractivity (Wildman–Crippen MR) is 80.8 cm³/mol. The number of hydrogen-bond acceptors (Lipinski definition) is 2. The maximum absolute atomic E-state index is 5.58. The molecule has 1 unspecified atom stereocenters. The van der Waals surface area contributed by atoms with Gasteiger partial charge >= 0.3 is 0 Å². The maximum Gasteiger partial charge on any atom is 0.0701 e. The van der Waals surface area contributed by atoms with Crippen LogP contribution in [0.5, 0.6) is 0 Å². The molecule has 0 aliphatic rings. The van der Waals surface area contributed by atoms with Gasteiger partial charge in [0.25, 0.3) is 0 Å². The number of aryl methyl sites for hydroxylation is 1. The summed E-state index contributed by atoms with van der Waals surface area (Å²) in [6.07, 6.45) is 5.29. The molecule has 1 heterocycles. The van der Waals surface area contributed by atoms with Crippen molar-refractivity contribution in [3.63, 3.8) is 0 Å². The fourth-order valence-corrected chi connectivity index (χ4v) is 2.22. The molecule has 0 saturated carbocycles. The van der Waals surface area contributed by atoms with E-state index in [0.717, 1.165) is 25.1 Å². The Morgan fingerprint density at radius 3 is 2.47 bits per heavy atom. The van der Waals surface area contributed by atoms with Gasteiger partial charge in [-0.05, 0) is 49.4 Å². The second-order valence-electron chi connectivity index (χ2n) is 5.13. The van der Waals surface area contributed by atoms with E-state index in [1.165, 1.54) is 17.5 Å². The van der Waals surface area contributed by atoms with Crippen LogP contribution in [0.25, 0.3) is 11.3 Å². The van der Waals surface area contributed by atoms with Gasteiger partial charge in [0.15, 0.2) is 0 Å². The molecule has 0 spiro atoms. The molecule has 1 aromatic carbocycles. The van der Waals surface area contributed by atoms with Gasteiger partial charge in [-0.3, -0.25) is 4.98 Å². The lowest BCUT2D eigenvalue weighted by molar-refractivity contribution is 0.500. The fourth-order valence-electron chi connectivity index (χ4n) is 2.22. The van der Waals surface area contributed by atoms with Crippen LogP contribution in [0.1, 0.15) is 25.3 Å². The summed E-state index contributed by atoms with van der Waals surface area (Å²) < 4.78 is 0. The van der Waals surface area contributed by atoms with Gasteiger partial charge in [0.2, 0.25) is 0 Å². The molecular formula is C17H22N2. The molecular weight excluding hydrogens is 232 g/mol. The molecule has 2 heteroatoms. The Morgan fingerprint density at radius 1 is 1.05 bits per heavy atom. The third-order valence-corrected chi connectivity index (χ3v) is 3.50. The standard InChI is InChI=1S/C17H22N2/c1-14(11-12-18)5-6-15-7-9-16(10-8-15)17-4-2-3-13-19-17/h2-4,7-10,13-14H,5-6,11-12,18H2,1H3. The Bertz CT molecular complexity index is 476. The number of nitrogens with zero attached hydrogens (tertiary/aromatic N) is 1. The average molecular weight is 254 g/mol. The molecule has 0 bridgehead atoms. The van der Waals surface area contributed by atoms with Crippen molar-refractivity contribution < 1.29 is 0 Å². The van der Waals surface area contributed by atoms with E-state index < -0.39 is 0 Å². The topological polar surface area (TPSA) is 38.9 Å². The van der Waals surface area contributed by atoms with Crippen LogP contribution in [0.4, 0.5) is 0 Å². The summed E-state index contributed by atoms with van der Waals surface area (Å²) in [7, 11) is 0. The first kappa shape index (κ1) is 13.8. The van der Waals surface area contributed by atoms with E-state index in [0.29, 0.717) is 5.92 Å². The molecule has 1 aromatic heterocycles. The number of nitrogens with two attached hydrogens (primary N) is 1. The van der Waals surface area contributed by atoms with Gasteiger partial charge in [0, 0.05) is 11.8 Å². The number of rotatable bonds is 6. The normalized spacial score (nSPS) is 12.3. The maximum atomic E-state index is 5.58. The van der Waals surface area contributed by atoms with Crippen molar-refractivity contribution in [3.8, 4) is 11.3 Å². The van der Waals surface area contributed by atoms with E-state index in [1.807, 2.05) is 24.4 Å². The Hall–Kier alpha value is -1.67. The first-order chi connectivity index (χ1) is 9.29. The van der Waals surface area contributed by atoms with Crippen molar-refractivity contribution in [3.05, 3.63) is 54.2 Å². The van der Waals surface area contributed by atoms with Gasteiger partial charge < -0.3 is 5.73 Å². The molecule has 0 aliphatic carbocycles. The Balaban J connectivity index is 1.95. The van der Waals surface area contributed by atoms with Gasteiger partial charge in [0.05, 0.1) is 5.69 Å². The SMILES string of the molecule is CC(CCN)CCc1ccc(-c2ccccn2)cc1. The van der Waals surface area contributed by atoms with Gasteiger partial charge in [0.1, 0.15) is 0 Å². The molecule has 1 atom stereocenters. The van der Waals surface area contributed by atoms with E-state index in [-0.39, 0.29) is 0 Å². The molecule has 2 nitrogen and oxygen atoms in total. The van der Waals surface area contributed by atoms with Crippen LogP contribution in [0.2, 0.25) is 0 Å². The summed E-state index contributed by atoms with van der Waals surface area (Å²) in [6, 6.07) is 14.7. The first-order valence-electron chi connectivity index (χ1n) is 7.00. The monoisotopic (exact) mass is 254 g/mol. The molecule has 2 rings (SSSR count). The Morgan fingerprint density at radius 2 is 1.84 bits per heavy atom. The zero-order valence-corrected chi connectivity index (χ0v) is 11.5. The summed E-state index contributed by atoms with van der Waals surface area (Å²) in [6.45, 7) is 3.06. The van der Waals surface area contributed by atoms with Crippen molar-refractivity contribution in [1.29, 1.82) is 0 Å². The lowest BCUT2D eigenvalue weighted by atomic mass is 9.97. The molecule has 0 aliphatic heterocycles. The number of hydrogen-bond donors (Lipinski definition) is 1. The highest BCUT2D eigenvalue weighted by molar-refractivity contribution is 5.58. The summed E-state index contributed by atoms with van der Waals surface area (Å²) in [5, 5.41) is 0. The van der Waals surface area contributed by atoms with Crippen molar-refractivity contribution in [2.24, 2.45) is 11.7 Å². The minimum Gasteiger partial charge on any atom is -0.330 e. The van der Waals surface area contributed by atoms with Gasteiger partial charge in [-0.1, -0.05) is 37.3 Å². The van der Waals surface area contributed by atoms with Crippen LogP contribution in [0.15, 0.2) is 48.7 Å². The van der Waals surface area contributed by atoms with E-state index in [2.05, 4.69) is 36.2 Å². The molecule has 0 fully saturated rings. The van der Waals surface area contributed by atoms with Crippen molar-refractivity contribution >= 4 is 0 Å². The minimum absolute atomic E-state index is 0.709. The smallest absolute Gasteiger partial charge is 0.0701 e. The second-order valence-corrected chi connectivity index (χ2v) is 5.13. The second kappa shape index (κ2) is 7.05. The van der Waals surface area contributed by atoms with Gasteiger partial charge in [-0.25, -0.2) is 0 Å². The number of aromatic nitrogens is 1. The van der Waals surface area contributed by atoms with E-state index >= 15 is 0 Å². The van der Waals surface area contributed by atoms with Crippen LogP contribution in [-0.4, -0.2) is 11.5 Å². The highest BCUT2D eigenvalue weighted by Gasteiger charge is 2.03. The lowest BCUT2D eigenvalue weighted by Gasteiger charge is -2.10. The van der Waals surface area contributed by atoms with Crippen LogP contribution in [0.3, 0.4) is 0 Å². The number of benzene rings is 1. The lowest BCUT2D eigenvalue weighted by Crippen LogP contribution is -2.06. The molecule has 0 amide bonds. The predicted octanol–water partition coefficient (Wildman–Crippen LogP) is 3.67. The third kappa shape index (κ3) is 4.18. The van der Waals surface area contributed by atoms with Crippen LogP contribution in [0, 0.1) is 5.92 Å². The summed E-state index contributed by atoms with van der Waals surface area (Å²) in [5.74, 6) is 0.709. The quantitative estimate of drug-likeness (QED) is 0.854. The Kier molecular flexibility index (Phi) is 5.10. The zero-order chi connectivity index (χ0) is 13.5. The van der Waals surface area contributed by atoms with Crippen LogP contribution in [-0.2, 0) is 6.42 Å². The Labute approximate surface area is 115 Å². The third-order valence-electron chi connectivity index (χ3n) is 3.50. The van der Waals surface area contributed by atoms with Gasteiger partial charge in [-0.15, -0.1) is 0 Å². The molecule has 2 N–H and O–H groups in total. The van der Waals surface area contributed by atoms with Crippen molar-refractivity contribution in [2.45, 2.75) is 26.2 Å². The largest absolute Gasteiger partial charge is 0.330 e. The van der Waals surface area contributed by atoms with Crippen LogP contribution < -0.4 is 5.73 Å². The van der Waals surface area contributed by atoms with E-state index in [4.69, 9.17) is 5.73 Å². The summed E-state index contributed by atoms with van der Waals surface area (Å²) >= 11 is 0. The van der Waals surface area contributed by atoms with Crippen molar-refractivity contribution in [1.82, 2.24) is 4.98 Å². The van der Waals surface area contributed by atoms with E-state index in [9.17, 15) is 0 Å². The average Bonchev–Trinajstić information content (AvgIpc) is 2.47. The molecule has 2 aromatic rings. The highest BCUT2D eigenvalue weighted by Crippen LogP contribution is 2.18. The summed E-state index contributed by atoms with van der Waals surface area (Å²) in [4.78, 5) is 4.36. The molecule has 100 valence electrons. The zero-order valence-electron chi connectivity index (χ0n) is 11.5. The fraction of sp³-hybridized carbons (Fsp3) is 0.353. The highest BCUT2D eigenvalue weighted by atomic mass is 14.7. The first-order valence-corrected chi connectivity index (χ1v) is 7.00. The van der Waals surface area contributed by atoms with Gasteiger partial charge in [-0.2, -0.15) is 0 Å². The number of pyridine rings is 1. The summed E-state index contributed by atoms with van der Waals surface area (Å²) in [5.41, 5.74) is 9.18. The van der Waals surface area contributed by atoms with E-state index in [1.54, 1.807) is 0 Å². The minimum atomic E-state index is 0.709. The van der Waals surface area contributed by atoms with Crippen molar-refractivity contribution in [2.75, 3.05) is 6.54 Å². The molecule has 0 radical (unpaired) electrons. The molecule has 19 heavy (non-hydrogen) atoms. The molecule has 0 saturated heterocycles.